The molecule has 100 valence electrons. The van der Waals surface area contributed by atoms with Gasteiger partial charge in [0.2, 0.25) is 5.91 Å². The predicted octanol–water partition coefficient (Wildman–Crippen LogP) is 2.92. The fourth-order valence-corrected chi connectivity index (χ4v) is 1.69. The molecule has 1 amide bonds. The van der Waals surface area contributed by atoms with E-state index in [0.29, 0.717) is 11.4 Å². The molecule has 0 heterocycles. The number of nitrogens with one attached hydrogen (secondary N) is 1. The van der Waals surface area contributed by atoms with Gasteiger partial charge in [-0.3, -0.25) is 4.79 Å². The van der Waals surface area contributed by atoms with Crippen LogP contribution in [-0.4, -0.2) is 16.9 Å². The second kappa shape index (κ2) is 10.5. The number of hydrogen-bond donors (Lipinski definition) is 2. The molecule has 0 aromatic rings. The highest BCUT2D eigenvalue weighted by Gasteiger charge is 2.08. The van der Waals surface area contributed by atoms with E-state index in [0.717, 1.165) is 12.8 Å². The Balaban J connectivity index is 3.36. The molecule has 0 radical (unpaired) electrons. The van der Waals surface area contributed by atoms with E-state index in [-0.39, 0.29) is 11.9 Å². The van der Waals surface area contributed by atoms with E-state index >= 15 is 0 Å². The number of unbranched alkanes of at least 4 members (excludes halogenated alkanes) is 6. The molecule has 1 unspecified atom stereocenters. The minimum absolute atomic E-state index is 0.0545. The number of carbonyl (C=O) groups is 1. The molecular weight excluding hydrogens is 232 g/mol. The molecule has 17 heavy (non-hydrogen) atoms. The van der Waals surface area contributed by atoms with Gasteiger partial charge >= 0.3 is 0 Å². The molecule has 3 N–H and O–H groups in total. The number of rotatable bonds is 10. The van der Waals surface area contributed by atoms with E-state index in [1.54, 1.807) is 0 Å². The Bertz CT molecular complexity index is 231. The molecule has 0 aliphatic heterocycles. The van der Waals surface area contributed by atoms with Crippen molar-refractivity contribution < 1.29 is 4.79 Å². The molecule has 3 nitrogen and oxygen atoms in total. The van der Waals surface area contributed by atoms with E-state index in [1.807, 2.05) is 6.92 Å². The van der Waals surface area contributed by atoms with Crippen LogP contribution in [0.1, 0.15) is 65.2 Å². The summed E-state index contributed by atoms with van der Waals surface area (Å²) >= 11 is 4.79. The van der Waals surface area contributed by atoms with Gasteiger partial charge in [0.05, 0.1) is 11.0 Å². The number of nitrogens with two attached hydrogens (primary N) is 1. The van der Waals surface area contributed by atoms with E-state index < -0.39 is 0 Å². The lowest BCUT2D eigenvalue weighted by Gasteiger charge is -2.11. The summed E-state index contributed by atoms with van der Waals surface area (Å²) in [5, 5.41) is 2.79. The second-order valence-electron chi connectivity index (χ2n) is 4.56. The number of hydrogen-bond acceptors (Lipinski definition) is 2. The van der Waals surface area contributed by atoms with E-state index in [9.17, 15) is 4.79 Å². The van der Waals surface area contributed by atoms with Crippen molar-refractivity contribution in [2.45, 2.75) is 71.3 Å². The Morgan fingerprint density at radius 1 is 1.18 bits per heavy atom. The zero-order valence-electron chi connectivity index (χ0n) is 11.1. The third-order valence-electron chi connectivity index (χ3n) is 2.81. The molecule has 0 fully saturated rings. The minimum atomic E-state index is -0.193. The monoisotopic (exact) mass is 258 g/mol. The van der Waals surface area contributed by atoms with Crippen molar-refractivity contribution in [3.05, 3.63) is 0 Å². The Morgan fingerprint density at radius 3 is 2.24 bits per heavy atom. The molecule has 0 spiro atoms. The quantitative estimate of drug-likeness (QED) is 0.468. The summed E-state index contributed by atoms with van der Waals surface area (Å²) in [5.74, 6) is 0.0545. The molecule has 0 bridgehead atoms. The van der Waals surface area contributed by atoms with Crippen LogP contribution >= 0.6 is 12.2 Å². The summed E-state index contributed by atoms with van der Waals surface area (Å²) in [7, 11) is 0. The van der Waals surface area contributed by atoms with Crippen LogP contribution in [0.25, 0.3) is 0 Å². The standard InChI is InChI=1S/C13H26N2OS/c1-3-4-5-6-7-8-9-10-12(16)15-11(2)13(14)17/h11H,3-10H2,1-2H3,(H2,14,17)(H,15,16). The van der Waals surface area contributed by atoms with Crippen molar-refractivity contribution in [3.63, 3.8) is 0 Å². The number of thiocarbonyl (C=S) groups is 1. The molecule has 4 heteroatoms. The summed E-state index contributed by atoms with van der Waals surface area (Å²) in [6.07, 6.45) is 9.13. The van der Waals surface area contributed by atoms with Crippen LogP contribution in [-0.2, 0) is 4.79 Å². The highest BCUT2D eigenvalue weighted by molar-refractivity contribution is 7.80. The topological polar surface area (TPSA) is 55.1 Å². The summed E-state index contributed by atoms with van der Waals surface area (Å²) < 4.78 is 0. The zero-order valence-corrected chi connectivity index (χ0v) is 11.9. The summed E-state index contributed by atoms with van der Waals surface area (Å²) in [6.45, 7) is 4.03. The van der Waals surface area contributed by atoms with Gasteiger partial charge in [-0.1, -0.05) is 57.7 Å². The Kier molecular flexibility index (Phi) is 10.1. The fraction of sp³-hybridized carbons (Fsp3) is 0.846. The minimum Gasteiger partial charge on any atom is -0.392 e. The average Bonchev–Trinajstić information content (AvgIpc) is 2.27. The van der Waals surface area contributed by atoms with Crippen molar-refractivity contribution in [1.29, 1.82) is 0 Å². The van der Waals surface area contributed by atoms with E-state index in [4.69, 9.17) is 18.0 Å². The third-order valence-corrected chi connectivity index (χ3v) is 3.17. The average molecular weight is 258 g/mol. The number of carbonyl (C=O) groups excluding carboxylic acids is 1. The molecular formula is C13H26N2OS. The molecule has 0 rings (SSSR count). The maximum Gasteiger partial charge on any atom is 0.220 e. The van der Waals surface area contributed by atoms with Crippen molar-refractivity contribution in [1.82, 2.24) is 5.32 Å². The highest BCUT2D eigenvalue weighted by Crippen LogP contribution is 2.08. The lowest BCUT2D eigenvalue weighted by Crippen LogP contribution is -2.41. The van der Waals surface area contributed by atoms with Gasteiger partial charge < -0.3 is 11.1 Å². The van der Waals surface area contributed by atoms with Crippen molar-refractivity contribution in [3.8, 4) is 0 Å². The van der Waals surface area contributed by atoms with Gasteiger partial charge in [0.15, 0.2) is 0 Å². The smallest absolute Gasteiger partial charge is 0.220 e. The van der Waals surface area contributed by atoms with Crippen LogP contribution in [0.2, 0.25) is 0 Å². The van der Waals surface area contributed by atoms with Gasteiger partial charge in [-0.2, -0.15) is 0 Å². The van der Waals surface area contributed by atoms with Gasteiger partial charge in [0.25, 0.3) is 0 Å². The molecule has 0 aromatic carbocycles. The first-order chi connectivity index (χ1) is 8.07. The molecule has 0 saturated heterocycles. The largest absolute Gasteiger partial charge is 0.392 e. The summed E-state index contributed by atoms with van der Waals surface area (Å²) in [5.41, 5.74) is 5.42. The first kappa shape index (κ1) is 16.4. The Hall–Kier alpha value is -0.640. The predicted molar refractivity (Wildman–Crippen MR) is 77.0 cm³/mol. The fourth-order valence-electron chi connectivity index (χ4n) is 1.63. The van der Waals surface area contributed by atoms with Crippen molar-refractivity contribution in [2.24, 2.45) is 5.73 Å². The Labute approximate surface area is 111 Å². The van der Waals surface area contributed by atoms with Gasteiger partial charge in [-0.05, 0) is 13.3 Å². The van der Waals surface area contributed by atoms with Crippen LogP contribution < -0.4 is 11.1 Å². The maximum atomic E-state index is 11.5. The number of amides is 1. The maximum absolute atomic E-state index is 11.5. The van der Waals surface area contributed by atoms with Crippen molar-refractivity contribution in [2.75, 3.05) is 0 Å². The van der Waals surface area contributed by atoms with Gasteiger partial charge in [-0.25, -0.2) is 0 Å². The van der Waals surface area contributed by atoms with Crippen molar-refractivity contribution >= 4 is 23.1 Å². The van der Waals surface area contributed by atoms with Gasteiger partial charge in [0.1, 0.15) is 0 Å². The summed E-state index contributed by atoms with van der Waals surface area (Å²) in [4.78, 5) is 11.8. The molecule has 0 aromatic heterocycles. The first-order valence-electron chi connectivity index (χ1n) is 6.66. The van der Waals surface area contributed by atoms with Gasteiger partial charge in [0, 0.05) is 6.42 Å². The lowest BCUT2D eigenvalue weighted by molar-refractivity contribution is -0.121. The second-order valence-corrected chi connectivity index (χ2v) is 5.03. The lowest BCUT2D eigenvalue weighted by atomic mass is 10.1. The Morgan fingerprint density at radius 2 is 1.71 bits per heavy atom. The van der Waals surface area contributed by atoms with Gasteiger partial charge in [-0.15, -0.1) is 0 Å². The van der Waals surface area contributed by atoms with E-state index in [1.165, 1.54) is 32.1 Å². The van der Waals surface area contributed by atoms with Crippen LogP contribution in [0.4, 0.5) is 0 Å². The first-order valence-corrected chi connectivity index (χ1v) is 7.07. The SMILES string of the molecule is CCCCCCCCCC(=O)NC(C)C(N)=S. The molecule has 1 atom stereocenters. The van der Waals surface area contributed by atoms with Crippen LogP contribution in [0.15, 0.2) is 0 Å². The van der Waals surface area contributed by atoms with E-state index in [2.05, 4.69) is 12.2 Å². The van der Waals surface area contributed by atoms with Crippen LogP contribution in [0.3, 0.4) is 0 Å². The normalized spacial score (nSPS) is 12.1. The molecule has 0 saturated carbocycles. The van der Waals surface area contributed by atoms with Crippen LogP contribution in [0.5, 0.6) is 0 Å². The van der Waals surface area contributed by atoms with Crippen LogP contribution in [0, 0.1) is 0 Å². The zero-order chi connectivity index (χ0) is 13.1. The highest BCUT2D eigenvalue weighted by atomic mass is 32.1. The molecule has 0 aliphatic rings. The molecule has 0 aliphatic carbocycles. The summed E-state index contributed by atoms with van der Waals surface area (Å²) in [6, 6.07) is -0.193. The third kappa shape index (κ3) is 10.2.